The minimum atomic E-state index is 0.898. The topological polar surface area (TPSA) is 0 Å². The van der Waals surface area contributed by atoms with E-state index in [0.717, 1.165) is 5.92 Å². The lowest BCUT2D eigenvalue weighted by atomic mass is 10.0. The van der Waals surface area contributed by atoms with Gasteiger partial charge in [-0.25, -0.2) is 0 Å². The Morgan fingerprint density at radius 2 is 1.12 bits per heavy atom. The van der Waals surface area contributed by atoms with Gasteiger partial charge in [0.05, 0.1) is 0 Å². The molecule has 0 atom stereocenters. The fourth-order valence-electron chi connectivity index (χ4n) is 1.38. The zero-order valence-electron chi connectivity index (χ0n) is 14.1. The highest BCUT2D eigenvalue weighted by Crippen LogP contribution is 2.38. The molecule has 0 nitrogen and oxygen atoms in total. The predicted octanol–water partition coefficient (Wildman–Crippen LogP) is 6.78. The van der Waals surface area contributed by atoms with Crippen LogP contribution in [0, 0.1) is 5.92 Å². The lowest BCUT2D eigenvalue weighted by molar-refractivity contribution is 1.01. The van der Waals surface area contributed by atoms with E-state index >= 15 is 0 Å². The van der Waals surface area contributed by atoms with Crippen LogP contribution >= 0.6 is 0 Å². The van der Waals surface area contributed by atoms with Gasteiger partial charge in [0.15, 0.2) is 0 Å². The first-order valence-corrected chi connectivity index (χ1v) is 7.43. The minimum Gasteiger partial charge on any atom is -0.0762 e. The minimum absolute atomic E-state index is 0.898. The van der Waals surface area contributed by atoms with Crippen LogP contribution in [0.25, 0.3) is 0 Å². The fraction of sp³-hybridized carbons (Fsp3) is 0.765. The molecule has 1 fully saturated rings. The van der Waals surface area contributed by atoms with Gasteiger partial charge in [0.2, 0.25) is 0 Å². The molecule has 0 N–H and O–H groups in total. The molecular formula is C17H36. The highest BCUT2D eigenvalue weighted by atomic mass is 14.3. The van der Waals surface area contributed by atoms with Crippen LogP contribution in [0.1, 0.15) is 82.1 Å². The molecule has 1 aliphatic carbocycles. The standard InChI is InChI=1S/C11H18.3C2H6/c1-8(2)7-11(9(3)4)10-5-6-10;3*1-2/h7,10H,5-6H2,1-4H3;3*1-2H3. The van der Waals surface area contributed by atoms with Crippen molar-refractivity contribution in [3.63, 3.8) is 0 Å². The SMILES string of the molecule is CC.CC.CC.CC(C)=CC(=C(C)C)C1CC1. The molecule has 0 heteroatoms. The number of hydrogen-bond acceptors (Lipinski definition) is 0. The van der Waals surface area contributed by atoms with Crippen LogP contribution in [0.2, 0.25) is 0 Å². The second-order valence-corrected chi connectivity index (χ2v) is 3.95. The zero-order chi connectivity index (χ0) is 14.4. The van der Waals surface area contributed by atoms with Crippen LogP contribution in [-0.4, -0.2) is 0 Å². The highest BCUT2D eigenvalue weighted by Gasteiger charge is 2.24. The fourth-order valence-corrected chi connectivity index (χ4v) is 1.38. The number of rotatable bonds is 2. The predicted molar refractivity (Wildman–Crippen MR) is 84.6 cm³/mol. The Kier molecular flexibility index (Phi) is 19.8. The van der Waals surface area contributed by atoms with Gasteiger partial charge in [-0.1, -0.05) is 58.8 Å². The average Bonchev–Trinajstić information content (AvgIpc) is 3.17. The second kappa shape index (κ2) is 15.5. The van der Waals surface area contributed by atoms with E-state index in [0.29, 0.717) is 0 Å². The normalized spacial score (nSPS) is 11.4. The molecule has 0 saturated heterocycles. The molecule has 1 aliphatic rings. The highest BCUT2D eigenvalue weighted by molar-refractivity contribution is 5.31. The monoisotopic (exact) mass is 240 g/mol. The van der Waals surface area contributed by atoms with E-state index in [2.05, 4.69) is 33.8 Å². The maximum Gasteiger partial charge on any atom is -0.0162 e. The van der Waals surface area contributed by atoms with Crippen LogP contribution in [0.3, 0.4) is 0 Å². The van der Waals surface area contributed by atoms with E-state index < -0.39 is 0 Å². The molecule has 0 amide bonds. The first kappa shape index (κ1) is 21.7. The molecule has 0 aromatic rings. The van der Waals surface area contributed by atoms with Crippen molar-refractivity contribution in [3.05, 3.63) is 22.8 Å². The molecule has 0 radical (unpaired) electrons. The maximum absolute atomic E-state index is 2.34. The lowest BCUT2D eigenvalue weighted by Gasteiger charge is -2.02. The van der Waals surface area contributed by atoms with Crippen LogP contribution in [0.4, 0.5) is 0 Å². The molecule has 1 saturated carbocycles. The van der Waals surface area contributed by atoms with Crippen molar-refractivity contribution in [3.8, 4) is 0 Å². The van der Waals surface area contributed by atoms with Crippen molar-refractivity contribution >= 4 is 0 Å². The van der Waals surface area contributed by atoms with Gasteiger partial charge in [0.25, 0.3) is 0 Å². The summed E-state index contributed by atoms with van der Waals surface area (Å²) in [6, 6.07) is 0. The summed E-state index contributed by atoms with van der Waals surface area (Å²) in [5, 5.41) is 0. The largest absolute Gasteiger partial charge is 0.0762 e. The van der Waals surface area contributed by atoms with Crippen molar-refractivity contribution < 1.29 is 0 Å². The quantitative estimate of drug-likeness (QED) is 0.467. The summed E-state index contributed by atoms with van der Waals surface area (Å²) >= 11 is 0. The molecule has 0 bridgehead atoms. The van der Waals surface area contributed by atoms with Crippen molar-refractivity contribution in [2.24, 2.45) is 5.92 Å². The molecule has 0 heterocycles. The van der Waals surface area contributed by atoms with Crippen LogP contribution in [-0.2, 0) is 0 Å². The van der Waals surface area contributed by atoms with Gasteiger partial charge in [-0.2, -0.15) is 0 Å². The van der Waals surface area contributed by atoms with Gasteiger partial charge in [0, 0.05) is 0 Å². The van der Waals surface area contributed by atoms with Gasteiger partial charge in [-0.15, -0.1) is 0 Å². The Bertz CT molecular complexity index is 194. The number of allylic oxidation sites excluding steroid dienone is 4. The molecule has 104 valence electrons. The molecule has 0 aromatic carbocycles. The van der Waals surface area contributed by atoms with Gasteiger partial charge >= 0.3 is 0 Å². The Morgan fingerprint density at radius 1 is 0.765 bits per heavy atom. The first-order valence-electron chi connectivity index (χ1n) is 7.43. The summed E-state index contributed by atoms with van der Waals surface area (Å²) in [7, 11) is 0. The molecule has 0 aliphatic heterocycles. The Morgan fingerprint density at radius 3 is 1.29 bits per heavy atom. The summed E-state index contributed by atoms with van der Waals surface area (Å²) in [5.74, 6) is 0.898. The van der Waals surface area contributed by atoms with Gasteiger partial charge in [0.1, 0.15) is 0 Å². The summed E-state index contributed by atoms with van der Waals surface area (Å²) in [4.78, 5) is 0. The van der Waals surface area contributed by atoms with E-state index in [4.69, 9.17) is 0 Å². The first-order chi connectivity index (χ1) is 8.11. The summed E-state index contributed by atoms with van der Waals surface area (Å²) in [6.45, 7) is 20.8. The molecular weight excluding hydrogens is 204 g/mol. The van der Waals surface area contributed by atoms with E-state index in [1.165, 1.54) is 24.0 Å². The summed E-state index contributed by atoms with van der Waals surface area (Å²) in [5.41, 5.74) is 4.51. The molecule has 17 heavy (non-hydrogen) atoms. The number of hydrogen-bond donors (Lipinski definition) is 0. The van der Waals surface area contributed by atoms with E-state index in [-0.39, 0.29) is 0 Å². The van der Waals surface area contributed by atoms with Crippen molar-refractivity contribution in [1.82, 2.24) is 0 Å². The van der Waals surface area contributed by atoms with Gasteiger partial charge in [-0.3, -0.25) is 0 Å². The van der Waals surface area contributed by atoms with Crippen LogP contribution in [0.5, 0.6) is 0 Å². The Labute approximate surface area is 111 Å². The third-order valence-electron chi connectivity index (χ3n) is 2.04. The third kappa shape index (κ3) is 13.4. The van der Waals surface area contributed by atoms with Crippen LogP contribution in [0.15, 0.2) is 22.8 Å². The van der Waals surface area contributed by atoms with E-state index in [1.54, 1.807) is 5.57 Å². The van der Waals surface area contributed by atoms with Crippen molar-refractivity contribution in [2.75, 3.05) is 0 Å². The van der Waals surface area contributed by atoms with Crippen molar-refractivity contribution in [1.29, 1.82) is 0 Å². The Balaban J connectivity index is -0.000000285. The average molecular weight is 240 g/mol. The van der Waals surface area contributed by atoms with E-state index in [9.17, 15) is 0 Å². The lowest BCUT2D eigenvalue weighted by Crippen LogP contribution is -1.85. The Hall–Kier alpha value is -0.520. The summed E-state index contributed by atoms with van der Waals surface area (Å²) < 4.78 is 0. The van der Waals surface area contributed by atoms with Crippen LogP contribution < -0.4 is 0 Å². The smallest absolute Gasteiger partial charge is 0.0162 e. The second-order valence-electron chi connectivity index (χ2n) is 3.95. The van der Waals surface area contributed by atoms with E-state index in [1.807, 2.05) is 41.5 Å². The van der Waals surface area contributed by atoms with Gasteiger partial charge < -0.3 is 0 Å². The van der Waals surface area contributed by atoms with Crippen molar-refractivity contribution in [2.45, 2.75) is 82.1 Å². The molecule has 1 rings (SSSR count). The zero-order valence-corrected chi connectivity index (χ0v) is 14.1. The maximum atomic E-state index is 2.34. The molecule has 0 unspecified atom stereocenters. The molecule has 0 aromatic heterocycles. The summed E-state index contributed by atoms with van der Waals surface area (Å²) in [6.07, 6.45) is 5.15. The third-order valence-corrected chi connectivity index (χ3v) is 2.04. The molecule has 0 spiro atoms. The van der Waals surface area contributed by atoms with Gasteiger partial charge in [-0.05, 0) is 52.0 Å².